The Bertz CT molecular complexity index is 592. The van der Waals surface area contributed by atoms with Crippen molar-refractivity contribution < 1.29 is 0 Å². The first-order valence-electron chi connectivity index (χ1n) is 7.83. The lowest BCUT2D eigenvalue weighted by Gasteiger charge is -2.31. The Labute approximate surface area is 150 Å². The molecule has 3 rings (SSSR count). The number of aromatic nitrogens is 2. The average molecular weight is 357 g/mol. The molecule has 0 spiro atoms. The first-order chi connectivity index (χ1) is 10.2. The minimum Gasteiger partial charge on any atom is -0.399 e. The smallest absolute Gasteiger partial charge is 0.0524 e. The van der Waals surface area contributed by atoms with E-state index in [4.69, 9.17) is 5.73 Å². The monoisotopic (exact) mass is 356 g/mol. The van der Waals surface area contributed by atoms with E-state index in [2.05, 4.69) is 35.3 Å². The number of halogens is 2. The predicted octanol–water partition coefficient (Wildman–Crippen LogP) is 3.71. The third-order valence-electron chi connectivity index (χ3n) is 4.39. The van der Waals surface area contributed by atoms with Gasteiger partial charge in [0.2, 0.25) is 0 Å². The molecule has 0 unspecified atom stereocenters. The zero-order valence-electron chi connectivity index (χ0n) is 13.5. The van der Waals surface area contributed by atoms with Gasteiger partial charge in [-0.15, -0.1) is 24.8 Å². The largest absolute Gasteiger partial charge is 0.399 e. The Hall–Kier alpha value is -1.23. The van der Waals surface area contributed by atoms with Crippen LogP contribution in [0.2, 0.25) is 0 Å². The van der Waals surface area contributed by atoms with Gasteiger partial charge in [-0.05, 0) is 62.0 Å². The van der Waals surface area contributed by atoms with Gasteiger partial charge in [0.05, 0.1) is 6.20 Å². The molecule has 4 nitrogen and oxygen atoms in total. The maximum atomic E-state index is 5.85. The molecule has 0 radical (unpaired) electrons. The number of nitrogens with zero attached hydrogens (tertiary/aromatic N) is 3. The van der Waals surface area contributed by atoms with Gasteiger partial charge in [-0.25, -0.2) is 0 Å². The van der Waals surface area contributed by atoms with Crippen LogP contribution in [0.15, 0.2) is 36.7 Å². The standard InChI is InChI=1S/C17H24N4.2ClH/c1-2-21-13-16(11-19-21)15-6-8-20(9-7-15)12-14-4-3-5-17(18)10-14;;/h3-5,10-11,13,15H,2,6-9,12,18H2,1H3;2*1H. The van der Waals surface area contributed by atoms with Gasteiger partial charge >= 0.3 is 0 Å². The van der Waals surface area contributed by atoms with Crippen molar-refractivity contribution >= 4 is 30.5 Å². The number of likely N-dealkylation sites (tertiary alicyclic amines) is 1. The molecule has 0 bridgehead atoms. The predicted molar refractivity (Wildman–Crippen MR) is 101 cm³/mol. The Balaban J connectivity index is 0.00000132. The molecule has 1 aromatic heterocycles. The van der Waals surface area contributed by atoms with Crippen LogP contribution in [0.4, 0.5) is 5.69 Å². The number of hydrogen-bond donors (Lipinski definition) is 1. The maximum absolute atomic E-state index is 5.85. The molecule has 2 aromatic rings. The van der Waals surface area contributed by atoms with Crippen LogP contribution in [0.3, 0.4) is 0 Å². The first kappa shape index (κ1) is 19.8. The molecule has 2 heterocycles. The van der Waals surface area contributed by atoms with E-state index < -0.39 is 0 Å². The lowest BCUT2D eigenvalue weighted by molar-refractivity contribution is 0.204. The van der Waals surface area contributed by atoms with E-state index in [9.17, 15) is 0 Å². The summed E-state index contributed by atoms with van der Waals surface area (Å²) in [6.45, 7) is 6.39. The van der Waals surface area contributed by atoms with Crippen molar-refractivity contribution in [3.8, 4) is 0 Å². The SMILES string of the molecule is CCn1cc(C2CCN(Cc3cccc(N)c3)CC2)cn1.Cl.Cl. The summed E-state index contributed by atoms with van der Waals surface area (Å²) in [6.07, 6.45) is 6.69. The Kier molecular flexibility index (Phi) is 7.89. The fourth-order valence-electron chi connectivity index (χ4n) is 3.14. The molecule has 1 aliphatic heterocycles. The molecular weight excluding hydrogens is 331 g/mol. The van der Waals surface area contributed by atoms with Gasteiger partial charge in [-0.3, -0.25) is 9.58 Å². The number of nitrogen functional groups attached to an aromatic ring is 1. The first-order valence-corrected chi connectivity index (χ1v) is 7.83. The highest BCUT2D eigenvalue weighted by Crippen LogP contribution is 2.28. The van der Waals surface area contributed by atoms with E-state index in [1.165, 1.54) is 24.0 Å². The minimum atomic E-state index is 0. The highest BCUT2D eigenvalue weighted by molar-refractivity contribution is 5.85. The minimum absolute atomic E-state index is 0. The van der Waals surface area contributed by atoms with Crippen LogP contribution in [0.5, 0.6) is 0 Å². The third kappa shape index (κ3) is 5.13. The van der Waals surface area contributed by atoms with Gasteiger partial charge < -0.3 is 5.73 Å². The summed E-state index contributed by atoms with van der Waals surface area (Å²) in [6, 6.07) is 8.22. The molecule has 23 heavy (non-hydrogen) atoms. The van der Waals surface area contributed by atoms with E-state index in [-0.39, 0.29) is 24.8 Å². The third-order valence-corrected chi connectivity index (χ3v) is 4.39. The maximum Gasteiger partial charge on any atom is 0.0524 e. The average Bonchev–Trinajstić information content (AvgIpc) is 2.97. The number of rotatable bonds is 4. The molecule has 6 heteroatoms. The van der Waals surface area contributed by atoms with Crippen molar-refractivity contribution in [3.05, 3.63) is 47.8 Å². The van der Waals surface area contributed by atoms with Gasteiger partial charge in [0, 0.05) is 25.0 Å². The Morgan fingerprint density at radius 1 is 1.22 bits per heavy atom. The van der Waals surface area contributed by atoms with Gasteiger partial charge in [-0.1, -0.05) is 12.1 Å². The second-order valence-corrected chi connectivity index (χ2v) is 5.92. The highest BCUT2D eigenvalue weighted by Gasteiger charge is 2.21. The molecule has 128 valence electrons. The normalized spacial score (nSPS) is 15.7. The zero-order valence-corrected chi connectivity index (χ0v) is 15.2. The molecule has 1 saturated heterocycles. The molecule has 1 aliphatic rings. The topological polar surface area (TPSA) is 47.1 Å². The van der Waals surface area contributed by atoms with Gasteiger partial charge in [0.1, 0.15) is 0 Å². The summed E-state index contributed by atoms with van der Waals surface area (Å²) < 4.78 is 2.02. The summed E-state index contributed by atoms with van der Waals surface area (Å²) in [7, 11) is 0. The molecule has 1 fully saturated rings. The molecular formula is C17H26Cl2N4. The number of aryl methyl sites for hydroxylation is 1. The van der Waals surface area contributed by atoms with Crippen molar-refractivity contribution in [2.45, 2.75) is 38.8 Å². The van der Waals surface area contributed by atoms with Crippen LogP contribution < -0.4 is 5.73 Å². The van der Waals surface area contributed by atoms with E-state index in [0.717, 1.165) is 31.9 Å². The summed E-state index contributed by atoms with van der Waals surface area (Å²) in [4.78, 5) is 2.52. The lowest BCUT2D eigenvalue weighted by Crippen LogP contribution is -2.32. The van der Waals surface area contributed by atoms with Gasteiger partial charge in [0.25, 0.3) is 0 Å². The van der Waals surface area contributed by atoms with Gasteiger partial charge in [0.15, 0.2) is 0 Å². The molecule has 0 aliphatic carbocycles. The van der Waals surface area contributed by atoms with Crippen molar-refractivity contribution in [3.63, 3.8) is 0 Å². The van der Waals surface area contributed by atoms with Crippen molar-refractivity contribution in [2.24, 2.45) is 0 Å². The summed E-state index contributed by atoms with van der Waals surface area (Å²) in [5.41, 5.74) is 9.42. The van der Waals surface area contributed by atoms with Crippen molar-refractivity contribution in [1.29, 1.82) is 0 Å². The van der Waals surface area contributed by atoms with Crippen molar-refractivity contribution in [2.75, 3.05) is 18.8 Å². The van der Waals surface area contributed by atoms with E-state index in [0.29, 0.717) is 5.92 Å². The van der Waals surface area contributed by atoms with Crippen LogP contribution in [0, 0.1) is 0 Å². The van der Waals surface area contributed by atoms with Crippen LogP contribution >= 0.6 is 24.8 Å². The number of benzene rings is 1. The van der Waals surface area contributed by atoms with Crippen LogP contribution in [-0.4, -0.2) is 27.8 Å². The number of piperidine rings is 1. The van der Waals surface area contributed by atoms with Gasteiger partial charge in [-0.2, -0.15) is 5.10 Å². The number of hydrogen-bond acceptors (Lipinski definition) is 3. The molecule has 0 atom stereocenters. The molecule has 1 aromatic carbocycles. The van der Waals surface area contributed by atoms with Crippen molar-refractivity contribution in [1.82, 2.24) is 14.7 Å². The fraction of sp³-hybridized carbons (Fsp3) is 0.471. The van der Waals surface area contributed by atoms with Crippen LogP contribution in [0.1, 0.15) is 36.8 Å². The quantitative estimate of drug-likeness (QED) is 0.849. The van der Waals surface area contributed by atoms with E-state index in [1.807, 2.05) is 23.0 Å². The molecule has 0 amide bonds. The summed E-state index contributed by atoms with van der Waals surface area (Å²) >= 11 is 0. The molecule has 2 N–H and O–H groups in total. The highest BCUT2D eigenvalue weighted by atomic mass is 35.5. The summed E-state index contributed by atoms with van der Waals surface area (Å²) in [5, 5.41) is 4.40. The number of nitrogens with two attached hydrogens (primary N) is 1. The Morgan fingerprint density at radius 2 is 1.96 bits per heavy atom. The van der Waals surface area contributed by atoms with Crippen LogP contribution in [-0.2, 0) is 13.1 Å². The summed E-state index contributed by atoms with van der Waals surface area (Å²) in [5.74, 6) is 0.669. The molecule has 0 saturated carbocycles. The second kappa shape index (κ2) is 9.16. The Morgan fingerprint density at radius 3 is 2.57 bits per heavy atom. The zero-order chi connectivity index (χ0) is 14.7. The fourth-order valence-corrected chi connectivity index (χ4v) is 3.14. The second-order valence-electron chi connectivity index (χ2n) is 5.92. The van der Waals surface area contributed by atoms with Crippen LogP contribution in [0.25, 0.3) is 0 Å². The number of anilines is 1. The van der Waals surface area contributed by atoms with E-state index >= 15 is 0 Å². The van der Waals surface area contributed by atoms with E-state index in [1.54, 1.807) is 0 Å². The lowest BCUT2D eigenvalue weighted by atomic mass is 9.91.